The van der Waals surface area contributed by atoms with E-state index in [1.54, 1.807) is 24.3 Å². The molecule has 0 atom stereocenters. The smallest absolute Gasteiger partial charge is 0.342 e. The summed E-state index contributed by atoms with van der Waals surface area (Å²) < 4.78 is 17.9. The lowest BCUT2D eigenvalue weighted by Crippen LogP contribution is -2.03. The zero-order chi connectivity index (χ0) is 23.3. The Morgan fingerprint density at radius 2 is 1.72 bits per heavy atom. The number of rotatable bonds is 9. The molecule has 32 heavy (non-hydrogen) atoms. The predicted molar refractivity (Wildman–Crippen MR) is 124 cm³/mol. The molecule has 10 heteroatoms. The summed E-state index contributed by atoms with van der Waals surface area (Å²) in [5.41, 5.74) is 1.41. The van der Waals surface area contributed by atoms with Gasteiger partial charge in [-0.05, 0) is 66.7 Å². The number of thioether (sulfide) groups is 1. The number of nitrogens with zero attached hydrogens (tertiary/aromatic N) is 3. The number of methoxy groups -OCH3 is 3. The number of hydrogen-bond donors (Lipinski definition) is 1. The highest BCUT2D eigenvalue weighted by Crippen LogP contribution is 2.39. The molecule has 3 aromatic rings. The number of ether oxygens (including phenoxy) is 3. The van der Waals surface area contributed by atoms with Crippen LogP contribution in [0, 0.1) is 0 Å². The number of halogens is 1. The van der Waals surface area contributed by atoms with E-state index < -0.39 is 5.97 Å². The molecule has 168 valence electrons. The lowest BCUT2D eigenvalue weighted by atomic mass is 10.1. The van der Waals surface area contributed by atoms with Gasteiger partial charge < -0.3 is 23.9 Å². The maximum atomic E-state index is 12.0. The summed E-state index contributed by atoms with van der Waals surface area (Å²) in [4.78, 5) is 12.1. The molecule has 2 aromatic carbocycles. The van der Waals surface area contributed by atoms with Crippen LogP contribution in [0.5, 0.6) is 17.2 Å². The van der Waals surface area contributed by atoms with Crippen molar-refractivity contribution in [1.29, 1.82) is 0 Å². The van der Waals surface area contributed by atoms with Crippen LogP contribution in [0.2, 0.25) is 5.02 Å². The average Bonchev–Trinajstić information content (AvgIpc) is 3.20. The fourth-order valence-corrected chi connectivity index (χ4v) is 4.04. The molecule has 0 aliphatic rings. The van der Waals surface area contributed by atoms with Crippen LogP contribution in [0.3, 0.4) is 0 Å². The Morgan fingerprint density at radius 3 is 2.22 bits per heavy atom. The summed E-state index contributed by atoms with van der Waals surface area (Å²) in [6.07, 6.45) is 1.52. The Labute approximate surface area is 194 Å². The monoisotopic (exact) mass is 475 g/mol. The van der Waals surface area contributed by atoms with Crippen molar-refractivity contribution >= 4 is 35.4 Å². The highest BCUT2D eigenvalue weighted by molar-refractivity contribution is 8.04. The molecule has 0 saturated heterocycles. The predicted octanol–water partition coefficient (Wildman–Crippen LogP) is 4.86. The Morgan fingerprint density at radius 1 is 1.09 bits per heavy atom. The lowest BCUT2D eigenvalue weighted by Gasteiger charge is -2.13. The van der Waals surface area contributed by atoms with Crippen molar-refractivity contribution < 1.29 is 24.1 Å². The Balaban J connectivity index is 2.00. The van der Waals surface area contributed by atoms with Gasteiger partial charge in [-0.15, -0.1) is 10.2 Å². The van der Waals surface area contributed by atoms with Gasteiger partial charge in [0.2, 0.25) is 5.75 Å². The first-order valence-corrected chi connectivity index (χ1v) is 10.7. The summed E-state index contributed by atoms with van der Waals surface area (Å²) >= 11 is 6.99. The second kappa shape index (κ2) is 10.4. The quantitative estimate of drug-likeness (QED) is 0.346. The van der Waals surface area contributed by atoms with E-state index in [2.05, 4.69) is 10.2 Å². The van der Waals surface area contributed by atoms with Crippen molar-refractivity contribution in [3.05, 3.63) is 51.9 Å². The zero-order valence-electron chi connectivity index (χ0n) is 18.0. The van der Waals surface area contributed by atoms with Gasteiger partial charge in [0.05, 0.1) is 21.3 Å². The molecule has 0 spiro atoms. The number of carboxylic acids is 1. The average molecular weight is 476 g/mol. The van der Waals surface area contributed by atoms with Gasteiger partial charge in [0.1, 0.15) is 4.91 Å². The summed E-state index contributed by atoms with van der Waals surface area (Å²) in [5.74, 6) is 0.811. The van der Waals surface area contributed by atoms with E-state index in [0.717, 1.165) is 17.3 Å². The van der Waals surface area contributed by atoms with E-state index in [0.29, 0.717) is 45.4 Å². The lowest BCUT2D eigenvalue weighted by molar-refractivity contribution is -0.131. The second-order valence-electron chi connectivity index (χ2n) is 6.43. The number of carboxylic acid groups (broad SMARTS) is 1. The molecule has 3 rings (SSSR count). The van der Waals surface area contributed by atoms with E-state index in [1.165, 1.54) is 27.4 Å². The van der Waals surface area contributed by atoms with Crippen LogP contribution in [0.25, 0.3) is 17.5 Å². The van der Waals surface area contributed by atoms with Gasteiger partial charge >= 0.3 is 5.97 Å². The molecule has 0 amide bonds. The third-order valence-corrected chi connectivity index (χ3v) is 5.78. The molecule has 1 N–H and O–H groups in total. The van der Waals surface area contributed by atoms with Crippen LogP contribution in [0.15, 0.2) is 46.5 Å². The largest absolute Gasteiger partial charge is 0.493 e. The molecule has 1 aromatic heterocycles. The van der Waals surface area contributed by atoms with Gasteiger partial charge in [-0.1, -0.05) is 11.6 Å². The Bertz CT molecular complexity index is 1120. The van der Waals surface area contributed by atoms with E-state index in [-0.39, 0.29) is 4.91 Å². The fourth-order valence-electron chi connectivity index (χ4n) is 3.03. The maximum absolute atomic E-state index is 12.0. The van der Waals surface area contributed by atoms with Gasteiger partial charge in [0.25, 0.3) is 0 Å². The molecular formula is C22H22ClN3O5S. The van der Waals surface area contributed by atoms with Crippen LogP contribution < -0.4 is 14.2 Å². The minimum atomic E-state index is -1.09. The summed E-state index contributed by atoms with van der Waals surface area (Å²) in [5, 5.41) is 19.4. The van der Waals surface area contributed by atoms with Gasteiger partial charge in [-0.3, -0.25) is 0 Å². The van der Waals surface area contributed by atoms with Gasteiger partial charge in [-0.25, -0.2) is 4.79 Å². The molecule has 0 saturated carbocycles. The molecule has 0 unspecified atom stereocenters. The van der Waals surface area contributed by atoms with Crippen molar-refractivity contribution in [2.24, 2.45) is 0 Å². The normalized spacial score (nSPS) is 11.3. The number of benzene rings is 2. The molecule has 1 heterocycles. The SMILES string of the molecule is CCn1c(S/C(=C\c2cc(OC)c(OC)c(OC)c2)C(=O)O)nnc1-c1ccc(Cl)cc1. The van der Waals surface area contributed by atoms with Crippen molar-refractivity contribution in [2.45, 2.75) is 18.6 Å². The standard InChI is InChI=1S/C22H22ClN3O5S/c1-5-26-20(14-6-8-15(23)9-7-14)24-25-22(26)32-18(21(27)28)12-13-10-16(29-2)19(31-4)17(11-13)30-3/h6-12H,5H2,1-4H3,(H,27,28)/b18-12-. The highest BCUT2D eigenvalue weighted by atomic mass is 35.5. The van der Waals surface area contributed by atoms with Crippen LogP contribution in [0.1, 0.15) is 12.5 Å². The summed E-state index contributed by atoms with van der Waals surface area (Å²) in [7, 11) is 4.50. The molecule has 0 bridgehead atoms. The Hall–Kier alpha value is -3.17. The molecule has 0 fully saturated rings. The summed E-state index contributed by atoms with van der Waals surface area (Å²) in [6, 6.07) is 10.6. The number of hydrogen-bond acceptors (Lipinski definition) is 7. The minimum absolute atomic E-state index is 0.0593. The van der Waals surface area contributed by atoms with Crippen molar-refractivity contribution in [1.82, 2.24) is 14.8 Å². The van der Waals surface area contributed by atoms with Crippen LogP contribution >= 0.6 is 23.4 Å². The third-order valence-electron chi connectivity index (χ3n) is 4.53. The first-order chi connectivity index (χ1) is 15.4. The van der Waals surface area contributed by atoms with Crippen LogP contribution in [0.4, 0.5) is 0 Å². The van der Waals surface area contributed by atoms with Crippen molar-refractivity contribution in [3.8, 4) is 28.6 Å². The minimum Gasteiger partial charge on any atom is -0.493 e. The van der Waals surface area contributed by atoms with Crippen LogP contribution in [-0.2, 0) is 11.3 Å². The zero-order valence-corrected chi connectivity index (χ0v) is 19.5. The first-order valence-electron chi connectivity index (χ1n) is 9.53. The topological polar surface area (TPSA) is 95.7 Å². The molecule has 0 aliphatic carbocycles. The van der Waals surface area contributed by atoms with Gasteiger partial charge in [-0.2, -0.15) is 0 Å². The third kappa shape index (κ3) is 5.00. The van der Waals surface area contributed by atoms with Crippen molar-refractivity contribution in [3.63, 3.8) is 0 Å². The highest BCUT2D eigenvalue weighted by Gasteiger charge is 2.19. The molecular weight excluding hydrogens is 454 g/mol. The first kappa shape index (κ1) is 23.5. The van der Waals surface area contributed by atoms with Crippen molar-refractivity contribution in [2.75, 3.05) is 21.3 Å². The van der Waals surface area contributed by atoms with Crippen LogP contribution in [-0.4, -0.2) is 47.2 Å². The van der Waals surface area contributed by atoms with E-state index in [4.69, 9.17) is 25.8 Å². The maximum Gasteiger partial charge on any atom is 0.342 e. The van der Waals surface area contributed by atoms with Gasteiger partial charge in [0.15, 0.2) is 22.5 Å². The number of aliphatic carboxylic acids is 1. The molecule has 8 nitrogen and oxygen atoms in total. The van der Waals surface area contributed by atoms with E-state index >= 15 is 0 Å². The fraction of sp³-hybridized carbons (Fsp3) is 0.227. The molecule has 0 aliphatic heterocycles. The number of carbonyl (C=O) groups is 1. The second-order valence-corrected chi connectivity index (χ2v) is 7.88. The van der Waals surface area contributed by atoms with E-state index in [9.17, 15) is 9.90 Å². The Kier molecular flexibility index (Phi) is 7.66. The number of aromatic nitrogens is 3. The van der Waals surface area contributed by atoms with E-state index in [1.807, 2.05) is 23.6 Å². The van der Waals surface area contributed by atoms with Gasteiger partial charge in [0, 0.05) is 17.1 Å². The summed E-state index contributed by atoms with van der Waals surface area (Å²) in [6.45, 7) is 2.50. The molecule has 0 radical (unpaired) electrons.